The SMILES string of the molecule is CC(C)[C@H](CCCCC/C=C/CCCCCC(=O)N[C@@H](C)C(=O)OCc1ccccc1)O[C@@H]1O[C@H](COC(=O)CCC(=O)OCc2ccccc2)[C@@H](OCc2ccccc2)[C@H](OCc2ccccc2)[C@H]1OCc1ccccc1. The van der Waals surface area contributed by atoms with Crippen LogP contribution in [0.1, 0.15) is 126 Å². The van der Waals surface area contributed by atoms with E-state index in [0.717, 1.165) is 85.6 Å². The first kappa shape index (κ1) is 60.7. The Bertz CT molecular complexity index is 2480. The Balaban J connectivity index is 1.04. The summed E-state index contributed by atoms with van der Waals surface area (Å²) < 4.78 is 51.1. The molecule has 0 aromatic heterocycles. The van der Waals surface area contributed by atoms with Gasteiger partial charge in [-0.1, -0.05) is 197 Å². The quantitative estimate of drug-likeness (QED) is 0.0178. The summed E-state index contributed by atoms with van der Waals surface area (Å²) in [6.45, 7) is 6.80. The van der Waals surface area contributed by atoms with Gasteiger partial charge in [0.1, 0.15) is 50.3 Å². The number of hydrogen-bond acceptors (Lipinski definition) is 12. The number of esters is 3. The van der Waals surface area contributed by atoms with Crippen LogP contribution in [0.15, 0.2) is 164 Å². The van der Waals surface area contributed by atoms with Gasteiger partial charge in [0.05, 0.1) is 38.8 Å². The van der Waals surface area contributed by atoms with E-state index in [4.69, 9.17) is 37.9 Å². The summed E-state index contributed by atoms with van der Waals surface area (Å²) in [7, 11) is 0. The molecule has 1 fully saturated rings. The van der Waals surface area contributed by atoms with E-state index >= 15 is 0 Å². The monoisotopic (exact) mass is 1070 g/mol. The fraction of sp³-hybridized carbons (Fsp3) is 0.446. The van der Waals surface area contributed by atoms with Crippen LogP contribution in [-0.2, 0) is 90.1 Å². The molecule has 13 heteroatoms. The van der Waals surface area contributed by atoms with Crippen molar-refractivity contribution in [2.45, 2.75) is 174 Å². The first-order chi connectivity index (χ1) is 38.1. The molecular formula is C65H81NO12. The van der Waals surface area contributed by atoms with Crippen molar-refractivity contribution >= 4 is 23.8 Å². The van der Waals surface area contributed by atoms with Gasteiger partial charge in [-0.15, -0.1) is 0 Å². The zero-order valence-electron chi connectivity index (χ0n) is 45.8. The standard InChI is InChI=1S/C65H81NO12/c1-49(2)56(39-27-10-8-6-4-5-7-9-11-28-40-58(67)66-50(3)64(70)76-47-55-37-25-16-26-38-55)77-65-63(75-46-54-35-23-15-24-36-54)62(74-45-53-33-21-14-22-34-53)61(73-44-52-31-19-13-20-32-52)57(78-65)48-72-60(69)42-41-59(68)71-43-51-29-17-12-18-30-51/h4-5,12-26,29-38,49-50,56-57,61-63,65H,6-11,27-28,39-48H2,1-3H3,(H,66,67)/b5-4+/t50-,56-,57+,61+,62-,63+,65+/m0/s1. The predicted octanol–water partition coefficient (Wildman–Crippen LogP) is 12.3. The Morgan fingerprint density at radius 2 is 0.923 bits per heavy atom. The van der Waals surface area contributed by atoms with E-state index in [0.29, 0.717) is 6.42 Å². The molecule has 5 aromatic carbocycles. The van der Waals surface area contributed by atoms with Gasteiger partial charge in [-0.05, 0) is 79.2 Å². The van der Waals surface area contributed by atoms with Gasteiger partial charge in [0, 0.05) is 6.42 Å². The first-order valence-electron chi connectivity index (χ1n) is 27.9. The van der Waals surface area contributed by atoms with Gasteiger partial charge in [-0.2, -0.15) is 0 Å². The van der Waals surface area contributed by atoms with E-state index in [9.17, 15) is 19.2 Å². The highest BCUT2D eigenvalue weighted by Gasteiger charge is 2.50. The van der Waals surface area contributed by atoms with Crippen LogP contribution in [0.4, 0.5) is 0 Å². The van der Waals surface area contributed by atoms with Crippen molar-refractivity contribution < 1.29 is 57.1 Å². The molecule has 1 N–H and O–H groups in total. The van der Waals surface area contributed by atoms with Crippen LogP contribution in [0.3, 0.4) is 0 Å². The smallest absolute Gasteiger partial charge is 0.328 e. The lowest BCUT2D eigenvalue weighted by atomic mass is 9.96. The number of carbonyl (C=O) groups is 4. The van der Waals surface area contributed by atoms with Crippen LogP contribution in [0.5, 0.6) is 0 Å². The molecular weight excluding hydrogens is 987 g/mol. The Labute approximate surface area is 462 Å². The molecule has 0 aliphatic carbocycles. The van der Waals surface area contributed by atoms with Crippen molar-refractivity contribution in [2.24, 2.45) is 5.92 Å². The molecule has 1 saturated heterocycles. The molecule has 13 nitrogen and oxygen atoms in total. The maximum Gasteiger partial charge on any atom is 0.328 e. The first-order valence-corrected chi connectivity index (χ1v) is 27.9. The second kappa shape index (κ2) is 35.1. The molecule has 418 valence electrons. The van der Waals surface area contributed by atoms with Crippen molar-refractivity contribution in [2.75, 3.05) is 6.61 Å². The van der Waals surface area contributed by atoms with Crippen LogP contribution in [0, 0.1) is 5.92 Å². The number of amides is 1. The highest BCUT2D eigenvalue weighted by Crippen LogP contribution is 2.34. The molecule has 1 aliphatic heterocycles. The largest absolute Gasteiger partial charge is 0.463 e. The number of ether oxygens (including phenoxy) is 8. The Morgan fingerprint density at radius 3 is 1.42 bits per heavy atom. The van der Waals surface area contributed by atoms with E-state index in [1.807, 2.05) is 152 Å². The molecule has 1 aliphatic rings. The van der Waals surface area contributed by atoms with Gasteiger partial charge in [-0.25, -0.2) is 4.79 Å². The molecule has 7 atom stereocenters. The molecule has 0 spiro atoms. The molecule has 0 unspecified atom stereocenters. The maximum absolute atomic E-state index is 13.4. The normalized spacial score (nSPS) is 18.0. The lowest BCUT2D eigenvalue weighted by molar-refractivity contribution is -0.337. The number of carbonyl (C=O) groups excluding carboxylic acids is 4. The topological polar surface area (TPSA) is 154 Å². The van der Waals surface area contributed by atoms with E-state index in [-0.39, 0.29) is 70.4 Å². The van der Waals surface area contributed by atoms with Crippen molar-refractivity contribution in [1.29, 1.82) is 0 Å². The minimum atomic E-state index is -0.926. The molecule has 1 heterocycles. The fourth-order valence-corrected chi connectivity index (χ4v) is 8.95. The van der Waals surface area contributed by atoms with Crippen LogP contribution >= 0.6 is 0 Å². The molecule has 5 aromatic rings. The fourth-order valence-electron chi connectivity index (χ4n) is 8.95. The van der Waals surface area contributed by atoms with Gasteiger partial charge in [0.15, 0.2) is 6.29 Å². The van der Waals surface area contributed by atoms with E-state index < -0.39 is 54.7 Å². The molecule has 0 bridgehead atoms. The van der Waals surface area contributed by atoms with Crippen molar-refractivity contribution in [3.8, 4) is 0 Å². The van der Waals surface area contributed by atoms with Gasteiger partial charge in [0.25, 0.3) is 0 Å². The number of nitrogens with one attached hydrogen (secondary N) is 1. The van der Waals surface area contributed by atoms with E-state index in [1.54, 1.807) is 6.92 Å². The molecule has 0 saturated carbocycles. The number of unbranched alkanes of at least 4 members (excludes halogenated alkanes) is 6. The molecule has 6 rings (SSSR count). The van der Waals surface area contributed by atoms with Crippen molar-refractivity contribution in [1.82, 2.24) is 5.32 Å². The number of hydrogen-bond donors (Lipinski definition) is 1. The summed E-state index contributed by atoms with van der Waals surface area (Å²) in [6, 6.07) is 47.8. The highest BCUT2D eigenvalue weighted by atomic mass is 16.7. The van der Waals surface area contributed by atoms with Crippen molar-refractivity contribution in [3.05, 3.63) is 192 Å². The predicted molar refractivity (Wildman–Crippen MR) is 299 cm³/mol. The zero-order valence-corrected chi connectivity index (χ0v) is 45.8. The number of benzene rings is 5. The lowest BCUT2D eigenvalue weighted by Crippen LogP contribution is -2.62. The second-order valence-corrected chi connectivity index (χ2v) is 20.2. The van der Waals surface area contributed by atoms with Crippen LogP contribution in [0.2, 0.25) is 0 Å². The summed E-state index contributed by atoms with van der Waals surface area (Å²) >= 11 is 0. The third-order valence-corrected chi connectivity index (χ3v) is 13.4. The van der Waals surface area contributed by atoms with E-state index in [2.05, 4.69) is 31.3 Å². The molecule has 78 heavy (non-hydrogen) atoms. The Morgan fingerprint density at radius 1 is 0.487 bits per heavy atom. The highest BCUT2D eigenvalue weighted by molar-refractivity contribution is 5.84. The van der Waals surface area contributed by atoms with Gasteiger partial charge >= 0.3 is 17.9 Å². The molecule has 0 radical (unpaired) electrons. The summed E-state index contributed by atoms with van der Waals surface area (Å²) in [5, 5.41) is 2.76. The second-order valence-electron chi connectivity index (χ2n) is 20.2. The third kappa shape index (κ3) is 22.8. The van der Waals surface area contributed by atoms with Crippen LogP contribution in [-0.4, -0.2) is 73.3 Å². The zero-order chi connectivity index (χ0) is 55.0. The maximum atomic E-state index is 13.4. The van der Waals surface area contributed by atoms with Gasteiger partial charge in [0.2, 0.25) is 5.91 Å². The van der Waals surface area contributed by atoms with Crippen LogP contribution < -0.4 is 5.32 Å². The van der Waals surface area contributed by atoms with Crippen LogP contribution in [0.25, 0.3) is 0 Å². The third-order valence-electron chi connectivity index (χ3n) is 13.4. The average molecular weight is 1070 g/mol. The number of allylic oxidation sites excluding steroid dienone is 2. The van der Waals surface area contributed by atoms with Gasteiger partial charge in [-0.3, -0.25) is 14.4 Å². The number of rotatable bonds is 35. The molecule has 1 amide bonds. The van der Waals surface area contributed by atoms with Gasteiger partial charge < -0.3 is 43.2 Å². The average Bonchev–Trinajstić information content (AvgIpc) is 3.49. The minimum absolute atomic E-state index is 0.118. The summed E-state index contributed by atoms with van der Waals surface area (Å²) in [6.07, 6.45) is 8.67. The van der Waals surface area contributed by atoms with Crippen molar-refractivity contribution in [3.63, 3.8) is 0 Å². The Kier molecular flexibility index (Phi) is 27.3. The lowest BCUT2D eigenvalue weighted by Gasteiger charge is -2.46. The summed E-state index contributed by atoms with van der Waals surface area (Å²) in [5.74, 6) is -1.53. The minimum Gasteiger partial charge on any atom is -0.463 e. The van der Waals surface area contributed by atoms with E-state index in [1.165, 1.54) is 0 Å². The Hall–Kier alpha value is -6.48. The summed E-state index contributed by atoms with van der Waals surface area (Å²) in [4.78, 5) is 50.9. The summed E-state index contributed by atoms with van der Waals surface area (Å²) in [5.41, 5.74) is 4.64.